The molecule has 0 aliphatic carbocycles. The van der Waals surface area contributed by atoms with Crippen molar-refractivity contribution in [1.29, 1.82) is 0 Å². The van der Waals surface area contributed by atoms with Gasteiger partial charge >= 0.3 is 6.09 Å². The molecular formula is C24H31N3O4. The van der Waals surface area contributed by atoms with E-state index in [4.69, 9.17) is 4.74 Å². The van der Waals surface area contributed by atoms with E-state index in [2.05, 4.69) is 16.0 Å². The second kappa shape index (κ2) is 11.7. The molecule has 2 aromatic carbocycles. The minimum absolute atomic E-state index is 0.127. The molecule has 0 atom stereocenters. The fourth-order valence-corrected chi connectivity index (χ4v) is 2.96. The Labute approximate surface area is 183 Å². The Morgan fingerprint density at radius 2 is 1.29 bits per heavy atom. The van der Waals surface area contributed by atoms with E-state index in [9.17, 15) is 14.4 Å². The molecular weight excluding hydrogens is 394 g/mol. The van der Waals surface area contributed by atoms with E-state index in [1.165, 1.54) is 0 Å². The van der Waals surface area contributed by atoms with Crippen LogP contribution in [0.1, 0.15) is 44.2 Å². The number of amides is 3. The predicted octanol–water partition coefficient (Wildman–Crippen LogP) is 2.97. The van der Waals surface area contributed by atoms with Crippen molar-refractivity contribution in [1.82, 2.24) is 16.0 Å². The highest BCUT2D eigenvalue weighted by molar-refractivity contribution is 5.87. The lowest BCUT2D eigenvalue weighted by atomic mass is 9.90. The molecule has 0 fully saturated rings. The maximum Gasteiger partial charge on any atom is 0.407 e. The van der Waals surface area contributed by atoms with Gasteiger partial charge < -0.3 is 20.7 Å². The van der Waals surface area contributed by atoms with Gasteiger partial charge in [-0.05, 0) is 31.9 Å². The van der Waals surface area contributed by atoms with Gasteiger partial charge in [0.15, 0.2) is 0 Å². The molecule has 0 saturated heterocycles. The normalized spacial score (nSPS) is 11.0. The summed E-state index contributed by atoms with van der Waals surface area (Å²) in [4.78, 5) is 36.3. The first-order valence-electron chi connectivity index (χ1n) is 10.4. The highest BCUT2D eigenvalue weighted by atomic mass is 16.6. The zero-order valence-electron chi connectivity index (χ0n) is 18.3. The second-order valence-electron chi connectivity index (χ2n) is 8.07. The number of rotatable bonds is 9. The second-order valence-corrected chi connectivity index (χ2v) is 8.07. The maximum atomic E-state index is 12.9. The van der Waals surface area contributed by atoms with Crippen molar-refractivity contribution in [3.63, 3.8) is 0 Å². The number of nitrogens with one attached hydrogen (secondary N) is 3. The molecule has 0 spiro atoms. The van der Waals surface area contributed by atoms with Crippen molar-refractivity contribution in [2.75, 3.05) is 19.6 Å². The summed E-state index contributed by atoms with van der Waals surface area (Å²) in [6, 6.07) is 19.2. The van der Waals surface area contributed by atoms with Crippen LogP contribution in [0.2, 0.25) is 0 Å². The first kappa shape index (κ1) is 23.9. The van der Waals surface area contributed by atoms with Crippen molar-refractivity contribution in [3.05, 3.63) is 71.8 Å². The molecule has 0 bridgehead atoms. The van der Waals surface area contributed by atoms with Gasteiger partial charge in [-0.25, -0.2) is 4.79 Å². The number of carbonyl (C=O) groups is 3. The lowest BCUT2D eigenvalue weighted by Crippen LogP contribution is -2.38. The Bertz CT molecular complexity index is 809. The van der Waals surface area contributed by atoms with E-state index in [0.29, 0.717) is 13.1 Å². The maximum absolute atomic E-state index is 12.9. The Balaban J connectivity index is 1.76. The lowest BCUT2D eigenvalue weighted by Gasteiger charge is -2.19. The molecule has 0 aromatic heterocycles. The molecule has 0 unspecified atom stereocenters. The lowest BCUT2D eigenvalue weighted by molar-refractivity contribution is -0.123. The van der Waals surface area contributed by atoms with Crippen molar-refractivity contribution >= 4 is 17.9 Å². The first-order chi connectivity index (χ1) is 14.8. The SMILES string of the molecule is CC(C)(C)OC(=O)NCCC(=O)NCCNC(=O)C(c1ccccc1)c1ccccc1. The van der Waals surface area contributed by atoms with Crippen LogP contribution in [-0.2, 0) is 14.3 Å². The average Bonchev–Trinajstić information content (AvgIpc) is 2.72. The van der Waals surface area contributed by atoms with Crippen molar-refractivity contribution in [2.45, 2.75) is 38.7 Å². The van der Waals surface area contributed by atoms with Crippen molar-refractivity contribution in [3.8, 4) is 0 Å². The minimum Gasteiger partial charge on any atom is -0.444 e. The van der Waals surface area contributed by atoms with E-state index in [1.54, 1.807) is 20.8 Å². The summed E-state index contributed by atoms with van der Waals surface area (Å²) >= 11 is 0. The molecule has 31 heavy (non-hydrogen) atoms. The van der Waals surface area contributed by atoms with E-state index >= 15 is 0 Å². The fraction of sp³-hybridized carbons (Fsp3) is 0.375. The van der Waals surface area contributed by atoms with Crippen molar-refractivity contribution in [2.24, 2.45) is 0 Å². The quantitative estimate of drug-likeness (QED) is 0.538. The van der Waals surface area contributed by atoms with E-state index in [1.807, 2.05) is 60.7 Å². The number of alkyl carbamates (subject to hydrolysis) is 1. The monoisotopic (exact) mass is 425 g/mol. The molecule has 0 aliphatic heterocycles. The van der Waals surface area contributed by atoms with Crippen LogP contribution >= 0.6 is 0 Å². The molecule has 0 saturated carbocycles. The number of hydrogen-bond acceptors (Lipinski definition) is 4. The molecule has 0 radical (unpaired) electrons. The van der Waals surface area contributed by atoms with Crippen molar-refractivity contribution < 1.29 is 19.1 Å². The number of carbonyl (C=O) groups excluding carboxylic acids is 3. The molecule has 3 amide bonds. The van der Waals surface area contributed by atoms with Crippen LogP contribution in [0, 0.1) is 0 Å². The van der Waals surface area contributed by atoms with Crippen LogP contribution in [0.4, 0.5) is 4.79 Å². The molecule has 2 aromatic rings. The molecule has 7 nitrogen and oxygen atoms in total. The summed E-state index contributed by atoms with van der Waals surface area (Å²) < 4.78 is 5.11. The van der Waals surface area contributed by atoms with Gasteiger partial charge in [-0.3, -0.25) is 9.59 Å². The van der Waals surface area contributed by atoms with Gasteiger partial charge in [0.2, 0.25) is 11.8 Å². The summed E-state index contributed by atoms with van der Waals surface area (Å²) in [5, 5.41) is 8.16. The predicted molar refractivity (Wildman–Crippen MR) is 120 cm³/mol. The van der Waals surface area contributed by atoms with Gasteiger partial charge in [0.05, 0.1) is 5.92 Å². The molecule has 3 N–H and O–H groups in total. The van der Waals surface area contributed by atoms with Gasteiger partial charge in [-0.1, -0.05) is 60.7 Å². The fourth-order valence-electron chi connectivity index (χ4n) is 2.96. The number of ether oxygens (including phenoxy) is 1. The van der Waals surface area contributed by atoms with Crippen LogP contribution in [0.25, 0.3) is 0 Å². The highest BCUT2D eigenvalue weighted by Crippen LogP contribution is 2.24. The van der Waals surface area contributed by atoms with Gasteiger partial charge in [0.25, 0.3) is 0 Å². The molecule has 2 rings (SSSR count). The summed E-state index contributed by atoms with van der Waals surface area (Å²) in [6.45, 7) is 6.10. The van der Waals surface area contributed by atoms with Gasteiger partial charge in [0, 0.05) is 26.1 Å². The Morgan fingerprint density at radius 3 is 1.81 bits per heavy atom. The summed E-state index contributed by atoms with van der Waals surface area (Å²) in [6.07, 6.45) is -0.426. The van der Waals surface area contributed by atoms with Gasteiger partial charge in [-0.15, -0.1) is 0 Å². The van der Waals surface area contributed by atoms with Crippen LogP contribution in [0.3, 0.4) is 0 Å². The van der Waals surface area contributed by atoms with Crippen LogP contribution in [0.5, 0.6) is 0 Å². The zero-order valence-corrected chi connectivity index (χ0v) is 18.3. The summed E-state index contributed by atoms with van der Waals surface area (Å²) in [7, 11) is 0. The Hall–Kier alpha value is -3.35. The minimum atomic E-state index is -0.581. The Morgan fingerprint density at radius 1 is 0.774 bits per heavy atom. The molecule has 7 heteroatoms. The van der Waals surface area contributed by atoms with E-state index in [-0.39, 0.29) is 24.8 Å². The largest absolute Gasteiger partial charge is 0.444 e. The first-order valence-corrected chi connectivity index (χ1v) is 10.4. The zero-order chi connectivity index (χ0) is 22.7. The summed E-state index contributed by atoms with van der Waals surface area (Å²) in [5.74, 6) is -0.762. The van der Waals surface area contributed by atoms with Crippen LogP contribution in [0.15, 0.2) is 60.7 Å². The highest BCUT2D eigenvalue weighted by Gasteiger charge is 2.22. The van der Waals surface area contributed by atoms with Crippen LogP contribution in [-0.4, -0.2) is 43.1 Å². The standard InChI is InChI=1S/C24H31N3O4/c1-24(2,3)31-23(30)27-15-14-20(28)25-16-17-26-22(29)21(18-10-6-4-7-11-18)19-12-8-5-9-13-19/h4-13,21H,14-17H2,1-3H3,(H,25,28)(H,26,29)(H,27,30). The smallest absolute Gasteiger partial charge is 0.407 e. The Kier molecular flexibility index (Phi) is 9.06. The number of hydrogen-bond donors (Lipinski definition) is 3. The van der Waals surface area contributed by atoms with Gasteiger partial charge in [0.1, 0.15) is 5.60 Å². The summed E-state index contributed by atoms with van der Waals surface area (Å²) in [5.41, 5.74) is 1.23. The van der Waals surface area contributed by atoms with Gasteiger partial charge in [-0.2, -0.15) is 0 Å². The molecule has 0 heterocycles. The van der Waals surface area contributed by atoms with E-state index in [0.717, 1.165) is 11.1 Å². The third kappa shape index (κ3) is 8.90. The third-order valence-corrected chi connectivity index (χ3v) is 4.29. The average molecular weight is 426 g/mol. The van der Waals surface area contributed by atoms with Crippen LogP contribution < -0.4 is 16.0 Å². The third-order valence-electron chi connectivity index (χ3n) is 4.29. The van der Waals surface area contributed by atoms with E-state index < -0.39 is 17.6 Å². The molecule has 0 aliphatic rings. The number of benzene rings is 2. The molecule has 166 valence electrons. The topological polar surface area (TPSA) is 96.5 Å².